The molecule has 0 radical (unpaired) electrons. The number of hydrogen-bond donors (Lipinski definition) is 0. The summed E-state index contributed by atoms with van der Waals surface area (Å²) in [4.78, 5) is 30.3. The first-order valence-corrected chi connectivity index (χ1v) is 12.7. The lowest BCUT2D eigenvalue weighted by Gasteiger charge is -2.31. The molecule has 1 fully saturated rings. The van der Waals surface area contributed by atoms with E-state index in [-0.39, 0.29) is 31.0 Å². The van der Waals surface area contributed by atoms with Crippen LogP contribution in [0.3, 0.4) is 0 Å². The number of amides is 2. The second-order valence-corrected chi connectivity index (χ2v) is 9.35. The number of hydrazone groups is 1. The maximum atomic E-state index is 13.7. The molecule has 0 bridgehead atoms. The van der Waals surface area contributed by atoms with E-state index in [9.17, 15) is 9.59 Å². The number of aryl methyl sites for hydroxylation is 1. The van der Waals surface area contributed by atoms with Crippen LogP contribution in [-0.2, 0) is 19.1 Å². The van der Waals surface area contributed by atoms with Crippen molar-refractivity contribution in [3.8, 4) is 5.75 Å². The van der Waals surface area contributed by atoms with Crippen LogP contribution in [0, 0.1) is 6.92 Å². The average molecular weight is 509 g/mol. The zero-order valence-corrected chi connectivity index (χ0v) is 21.9. The smallest absolute Gasteiger partial charge is 0.262 e. The van der Waals surface area contributed by atoms with Gasteiger partial charge >= 0.3 is 0 Å². The molecule has 0 N–H and O–H groups in total. The molecule has 37 heavy (non-hydrogen) atoms. The van der Waals surface area contributed by atoms with E-state index in [2.05, 4.69) is 4.90 Å². The second kappa shape index (κ2) is 12.8. The number of ether oxygens (including phenoxy) is 3. The van der Waals surface area contributed by atoms with Crippen molar-refractivity contribution in [2.24, 2.45) is 5.10 Å². The molecule has 0 saturated carbocycles. The predicted molar refractivity (Wildman–Crippen MR) is 141 cm³/mol. The van der Waals surface area contributed by atoms with Gasteiger partial charge in [0.25, 0.3) is 5.91 Å². The van der Waals surface area contributed by atoms with Crippen LogP contribution < -0.4 is 4.74 Å². The van der Waals surface area contributed by atoms with Crippen molar-refractivity contribution in [1.29, 1.82) is 0 Å². The summed E-state index contributed by atoms with van der Waals surface area (Å²) in [5.74, 6) is 0.327. The Labute approximate surface area is 218 Å². The minimum Gasteiger partial charge on any atom is -0.497 e. The van der Waals surface area contributed by atoms with Gasteiger partial charge < -0.3 is 19.1 Å². The molecule has 0 unspecified atom stereocenters. The molecule has 0 aromatic heterocycles. The van der Waals surface area contributed by atoms with Crippen LogP contribution in [0.15, 0.2) is 53.6 Å². The second-order valence-electron chi connectivity index (χ2n) is 9.35. The molecule has 2 aromatic carbocycles. The van der Waals surface area contributed by atoms with Gasteiger partial charge in [0.15, 0.2) is 0 Å². The third-order valence-electron chi connectivity index (χ3n) is 6.79. The van der Waals surface area contributed by atoms with Gasteiger partial charge in [-0.25, -0.2) is 5.01 Å². The van der Waals surface area contributed by atoms with E-state index in [0.717, 1.165) is 41.2 Å². The van der Waals surface area contributed by atoms with Gasteiger partial charge in [-0.2, -0.15) is 5.10 Å². The van der Waals surface area contributed by atoms with Crippen molar-refractivity contribution < 1.29 is 23.8 Å². The Kier molecular flexibility index (Phi) is 9.27. The van der Waals surface area contributed by atoms with Crippen molar-refractivity contribution in [1.82, 2.24) is 14.8 Å². The summed E-state index contributed by atoms with van der Waals surface area (Å²) >= 11 is 0. The first-order chi connectivity index (χ1) is 18.0. The fourth-order valence-electron chi connectivity index (χ4n) is 4.58. The fourth-order valence-corrected chi connectivity index (χ4v) is 4.58. The van der Waals surface area contributed by atoms with Crippen molar-refractivity contribution in [2.45, 2.75) is 19.4 Å². The average Bonchev–Trinajstić information content (AvgIpc) is 3.38. The van der Waals surface area contributed by atoms with Gasteiger partial charge in [0.2, 0.25) is 5.91 Å². The zero-order chi connectivity index (χ0) is 26.2. The zero-order valence-electron chi connectivity index (χ0n) is 21.9. The molecular formula is C28H36N4O5. The Bertz CT molecular complexity index is 1080. The summed E-state index contributed by atoms with van der Waals surface area (Å²) in [6.45, 7) is 6.01. The summed E-state index contributed by atoms with van der Waals surface area (Å²) in [6, 6.07) is 15.6. The summed E-state index contributed by atoms with van der Waals surface area (Å²) in [7, 11) is 3.12. The van der Waals surface area contributed by atoms with Crippen molar-refractivity contribution >= 4 is 17.5 Å². The van der Waals surface area contributed by atoms with E-state index >= 15 is 0 Å². The highest BCUT2D eigenvalue weighted by molar-refractivity contribution is 6.03. The third kappa shape index (κ3) is 6.94. The molecule has 198 valence electrons. The number of rotatable bonds is 10. The number of methoxy groups -OCH3 is 2. The van der Waals surface area contributed by atoms with Gasteiger partial charge in [0.1, 0.15) is 18.9 Å². The van der Waals surface area contributed by atoms with E-state index in [4.69, 9.17) is 19.3 Å². The molecule has 0 aliphatic carbocycles. The Morgan fingerprint density at radius 3 is 2.41 bits per heavy atom. The lowest BCUT2D eigenvalue weighted by Crippen LogP contribution is -2.47. The van der Waals surface area contributed by atoms with E-state index in [1.54, 1.807) is 17.0 Å². The molecule has 2 aliphatic rings. The quantitative estimate of drug-likeness (QED) is 0.490. The van der Waals surface area contributed by atoms with E-state index in [0.29, 0.717) is 32.7 Å². The van der Waals surface area contributed by atoms with Gasteiger partial charge in [-0.3, -0.25) is 14.5 Å². The summed E-state index contributed by atoms with van der Waals surface area (Å²) in [5.41, 5.74) is 3.92. The molecule has 4 rings (SSSR count). The first kappa shape index (κ1) is 26.8. The minimum atomic E-state index is -0.246. The summed E-state index contributed by atoms with van der Waals surface area (Å²) < 4.78 is 15.8. The number of hydrogen-bond acceptors (Lipinski definition) is 7. The van der Waals surface area contributed by atoms with Gasteiger partial charge in [-0.1, -0.05) is 29.8 Å². The monoisotopic (exact) mass is 508 g/mol. The van der Waals surface area contributed by atoms with Crippen LogP contribution in [-0.4, -0.2) is 99.1 Å². The Morgan fingerprint density at radius 1 is 1.05 bits per heavy atom. The van der Waals surface area contributed by atoms with Crippen LogP contribution in [0.25, 0.3) is 0 Å². The Morgan fingerprint density at radius 2 is 1.76 bits per heavy atom. The van der Waals surface area contributed by atoms with Crippen molar-refractivity contribution in [3.05, 3.63) is 65.2 Å². The summed E-state index contributed by atoms with van der Waals surface area (Å²) in [5, 5.41) is 6.31. The SMILES string of the molecule is COCC(=O)N(CCN1CCOCC1)CC(=O)N1N=C(c2ccc(OC)cc2)C[C@H]1c1ccc(C)cc1. The lowest BCUT2D eigenvalue weighted by molar-refractivity contribution is -0.143. The maximum absolute atomic E-state index is 13.7. The predicted octanol–water partition coefficient (Wildman–Crippen LogP) is 2.49. The largest absolute Gasteiger partial charge is 0.497 e. The third-order valence-corrected chi connectivity index (χ3v) is 6.79. The molecule has 2 aliphatic heterocycles. The minimum absolute atomic E-state index is 0.0612. The van der Waals surface area contributed by atoms with E-state index < -0.39 is 0 Å². The van der Waals surface area contributed by atoms with E-state index in [1.807, 2.05) is 55.5 Å². The van der Waals surface area contributed by atoms with Crippen LogP contribution >= 0.6 is 0 Å². The normalized spacial score (nSPS) is 18.0. The van der Waals surface area contributed by atoms with Crippen LogP contribution in [0.2, 0.25) is 0 Å². The number of benzene rings is 2. The molecule has 9 nitrogen and oxygen atoms in total. The van der Waals surface area contributed by atoms with Gasteiger partial charge in [-0.05, 0) is 42.3 Å². The van der Waals surface area contributed by atoms with E-state index in [1.165, 1.54) is 7.11 Å². The molecule has 9 heteroatoms. The van der Waals surface area contributed by atoms with Crippen molar-refractivity contribution in [3.63, 3.8) is 0 Å². The highest BCUT2D eigenvalue weighted by atomic mass is 16.5. The Hall–Kier alpha value is -3.27. The van der Waals surface area contributed by atoms with Gasteiger partial charge in [0, 0.05) is 39.7 Å². The highest BCUT2D eigenvalue weighted by Crippen LogP contribution is 2.33. The van der Waals surface area contributed by atoms with Crippen LogP contribution in [0.4, 0.5) is 0 Å². The molecule has 0 spiro atoms. The first-order valence-electron chi connectivity index (χ1n) is 12.7. The van der Waals surface area contributed by atoms with Crippen LogP contribution in [0.1, 0.15) is 29.2 Å². The summed E-state index contributed by atoms with van der Waals surface area (Å²) in [6.07, 6.45) is 0.584. The maximum Gasteiger partial charge on any atom is 0.262 e. The molecule has 2 amide bonds. The van der Waals surface area contributed by atoms with Gasteiger partial charge in [0.05, 0.1) is 32.1 Å². The highest BCUT2D eigenvalue weighted by Gasteiger charge is 2.34. The topological polar surface area (TPSA) is 83.9 Å². The molecule has 2 aromatic rings. The van der Waals surface area contributed by atoms with Crippen molar-refractivity contribution in [2.75, 3.05) is 66.8 Å². The molecule has 1 saturated heterocycles. The Balaban J connectivity index is 1.54. The standard InChI is InChI=1S/C28H36N4O5/c1-21-4-6-23(7-5-21)26-18-25(22-8-10-24(36-3)11-9-22)29-32(26)27(33)19-31(28(34)20-35-2)13-12-30-14-16-37-17-15-30/h4-11,26H,12-20H2,1-3H3/t26-/m0/s1. The number of carbonyl (C=O) groups is 2. The lowest BCUT2D eigenvalue weighted by atomic mass is 9.97. The van der Waals surface area contributed by atoms with Crippen LogP contribution in [0.5, 0.6) is 5.75 Å². The fraction of sp³-hybridized carbons (Fsp3) is 0.464. The number of carbonyl (C=O) groups excluding carboxylic acids is 2. The molecule has 1 atom stereocenters. The molecule has 2 heterocycles. The molecular weight excluding hydrogens is 472 g/mol. The number of nitrogens with zero attached hydrogens (tertiary/aromatic N) is 4. The number of morpholine rings is 1. The van der Waals surface area contributed by atoms with Gasteiger partial charge in [-0.15, -0.1) is 0 Å².